The predicted octanol–water partition coefficient (Wildman–Crippen LogP) is 3.79. The summed E-state index contributed by atoms with van der Waals surface area (Å²) in [6.45, 7) is 1.99. The highest BCUT2D eigenvalue weighted by atomic mass is 79.9. The number of hydrogen-bond donors (Lipinski definition) is 1. The van der Waals surface area contributed by atoms with E-state index in [4.69, 9.17) is 5.73 Å². The summed E-state index contributed by atoms with van der Waals surface area (Å²) in [5.41, 5.74) is 7.85. The summed E-state index contributed by atoms with van der Waals surface area (Å²) in [6, 6.07) is 10.4. The lowest BCUT2D eigenvalue weighted by atomic mass is 9.92. The largest absolute Gasteiger partial charge is 0.323 e. The van der Waals surface area contributed by atoms with Crippen molar-refractivity contribution in [1.82, 2.24) is 4.98 Å². The molecule has 0 aliphatic rings. The number of halogens is 2. The summed E-state index contributed by atoms with van der Waals surface area (Å²) in [5, 5.41) is 0. The minimum absolute atomic E-state index is 0.0341. The van der Waals surface area contributed by atoms with Crippen LogP contribution in [0.25, 0.3) is 0 Å². The zero-order valence-corrected chi connectivity index (χ0v) is 11.6. The highest BCUT2D eigenvalue weighted by Gasteiger charge is 2.18. The lowest BCUT2D eigenvalue weighted by molar-refractivity contribution is 0.570. The quantitative estimate of drug-likeness (QED) is 0.937. The molecule has 2 aromatic rings. The average molecular weight is 309 g/mol. The number of hydrogen-bond acceptors (Lipinski definition) is 2. The maximum absolute atomic E-state index is 13.5. The molecule has 0 amide bonds. The lowest BCUT2D eigenvalue weighted by Crippen LogP contribution is -2.18. The van der Waals surface area contributed by atoms with Gasteiger partial charge in [0.15, 0.2) is 0 Å². The molecule has 2 rings (SSSR count). The van der Waals surface area contributed by atoms with Crippen LogP contribution in [0.4, 0.5) is 4.39 Å². The van der Waals surface area contributed by atoms with Gasteiger partial charge >= 0.3 is 0 Å². The Labute approximate surface area is 114 Å². The lowest BCUT2D eigenvalue weighted by Gasteiger charge is -2.20. The van der Waals surface area contributed by atoms with E-state index in [1.165, 1.54) is 6.07 Å². The van der Waals surface area contributed by atoms with Crippen molar-refractivity contribution in [2.24, 2.45) is 5.73 Å². The van der Waals surface area contributed by atoms with Crippen molar-refractivity contribution in [3.05, 3.63) is 64.1 Å². The van der Waals surface area contributed by atoms with Crippen molar-refractivity contribution in [3.8, 4) is 0 Å². The van der Waals surface area contributed by atoms with Gasteiger partial charge in [-0.05, 0) is 45.8 Å². The van der Waals surface area contributed by atoms with Gasteiger partial charge in [0.1, 0.15) is 5.82 Å². The Balaban J connectivity index is 2.25. The molecule has 0 bridgehead atoms. The van der Waals surface area contributed by atoms with Crippen LogP contribution in [0.3, 0.4) is 0 Å². The summed E-state index contributed by atoms with van der Waals surface area (Å²) in [6.07, 6.45) is 1.74. The third-order valence-corrected chi connectivity index (χ3v) is 3.66. The monoisotopic (exact) mass is 308 g/mol. The smallest absolute Gasteiger partial charge is 0.137 e. The number of aromatic nitrogens is 1. The molecule has 0 radical (unpaired) electrons. The van der Waals surface area contributed by atoms with Crippen LogP contribution in [0.2, 0.25) is 0 Å². The third kappa shape index (κ3) is 2.76. The van der Waals surface area contributed by atoms with Crippen LogP contribution in [0.1, 0.15) is 30.1 Å². The molecule has 2 unspecified atom stereocenters. The van der Waals surface area contributed by atoms with E-state index in [0.29, 0.717) is 4.47 Å². The van der Waals surface area contributed by atoms with E-state index >= 15 is 0 Å². The van der Waals surface area contributed by atoms with Crippen LogP contribution in [-0.4, -0.2) is 4.98 Å². The predicted molar refractivity (Wildman–Crippen MR) is 73.7 cm³/mol. The van der Waals surface area contributed by atoms with Crippen LogP contribution in [0.5, 0.6) is 0 Å². The van der Waals surface area contributed by atoms with Crippen LogP contribution in [-0.2, 0) is 0 Å². The molecular weight excluding hydrogens is 295 g/mol. The molecule has 1 heterocycles. The minimum Gasteiger partial charge on any atom is -0.323 e. The Morgan fingerprint density at radius 1 is 1.28 bits per heavy atom. The van der Waals surface area contributed by atoms with Crippen LogP contribution in [0.15, 0.2) is 47.1 Å². The molecule has 2 nitrogen and oxygen atoms in total. The number of pyridine rings is 1. The van der Waals surface area contributed by atoms with E-state index in [9.17, 15) is 4.39 Å². The fourth-order valence-corrected chi connectivity index (χ4v) is 2.08. The van der Waals surface area contributed by atoms with E-state index < -0.39 is 0 Å². The molecule has 0 saturated heterocycles. The van der Waals surface area contributed by atoms with Gasteiger partial charge < -0.3 is 5.73 Å². The minimum atomic E-state index is -0.295. The molecule has 0 spiro atoms. The fourth-order valence-electron chi connectivity index (χ4n) is 1.84. The van der Waals surface area contributed by atoms with Crippen molar-refractivity contribution < 1.29 is 4.39 Å². The zero-order chi connectivity index (χ0) is 13.1. The second-order valence-corrected chi connectivity index (χ2v) is 5.10. The third-order valence-electron chi connectivity index (χ3n) is 3.02. The van der Waals surface area contributed by atoms with Gasteiger partial charge in [-0.25, -0.2) is 4.39 Å². The number of nitrogens with two attached hydrogens (primary N) is 1. The van der Waals surface area contributed by atoms with E-state index in [1.54, 1.807) is 12.3 Å². The molecule has 0 fully saturated rings. The zero-order valence-electron chi connectivity index (χ0n) is 9.98. The molecular formula is C14H14BrFN2. The molecule has 0 saturated carbocycles. The molecule has 1 aromatic carbocycles. The van der Waals surface area contributed by atoms with Gasteiger partial charge in [-0.15, -0.1) is 0 Å². The van der Waals surface area contributed by atoms with Gasteiger partial charge in [0.25, 0.3) is 0 Å². The van der Waals surface area contributed by atoms with Crippen molar-refractivity contribution >= 4 is 15.9 Å². The number of nitrogens with zero attached hydrogens (tertiary/aromatic N) is 1. The molecule has 1 aromatic heterocycles. The maximum atomic E-state index is 13.5. The molecule has 0 aliphatic carbocycles. The first kappa shape index (κ1) is 13.2. The van der Waals surface area contributed by atoms with Gasteiger partial charge in [-0.2, -0.15) is 0 Å². The SMILES string of the molecule is CC(c1ccccn1)C(N)c1ccc(Br)c(F)c1. The Kier molecular flexibility index (Phi) is 4.09. The van der Waals surface area contributed by atoms with Gasteiger partial charge in [0.2, 0.25) is 0 Å². The summed E-state index contributed by atoms with van der Waals surface area (Å²) < 4.78 is 13.9. The van der Waals surface area contributed by atoms with E-state index in [0.717, 1.165) is 11.3 Å². The first-order chi connectivity index (χ1) is 8.59. The standard InChI is InChI=1S/C14H14BrFN2/c1-9(13-4-2-3-7-18-13)14(17)10-5-6-11(15)12(16)8-10/h2-9,14H,17H2,1H3. The molecule has 2 atom stereocenters. The first-order valence-corrected chi connectivity index (χ1v) is 6.50. The molecule has 18 heavy (non-hydrogen) atoms. The van der Waals surface area contributed by atoms with Crippen LogP contribution in [0, 0.1) is 5.82 Å². The van der Waals surface area contributed by atoms with Crippen molar-refractivity contribution in [2.45, 2.75) is 18.9 Å². The van der Waals surface area contributed by atoms with Gasteiger partial charge in [0, 0.05) is 23.9 Å². The van der Waals surface area contributed by atoms with E-state index in [-0.39, 0.29) is 17.8 Å². The van der Waals surface area contributed by atoms with Crippen LogP contribution < -0.4 is 5.73 Å². The Hall–Kier alpha value is -1.26. The number of benzene rings is 1. The Morgan fingerprint density at radius 2 is 2.06 bits per heavy atom. The average Bonchev–Trinajstić information content (AvgIpc) is 2.41. The van der Waals surface area contributed by atoms with Gasteiger partial charge in [-0.1, -0.05) is 19.1 Å². The second-order valence-electron chi connectivity index (χ2n) is 4.24. The summed E-state index contributed by atoms with van der Waals surface area (Å²) in [5.74, 6) is -0.261. The molecule has 4 heteroatoms. The molecule has 0 aliphatic heterocycles. The van der Waals surface area contributed by atoms with Gasteiger partial charge in [0.05, 0.1) is 4.47 Å². The van der Waals surface area contributed by atoms with Crippen molar-refractivity contribution in [2.75, 3.05) is 0 Å². The van der Waals surface area contributed by atoms with Crippen LogP contribution >= 0.6 is 15.9 Å². The van der Waals surface area contributed by atoms with Crippen molar-refractivity contribution in [3.63, 3.8) is 0 Å². The van der Waals surface area contributed by atoms with E-state index in [1.807, 2.05) is 31.2 Å². The summed E-state index contributed by atoms with van der Waals surface area (Å²) >= 11 is 3.13. The first-order valence-electron chi connectivity index (χ1n) is 5.71. The Morgan fingerprint density at radius 3 is 2.67 bits per heavy atom. The highest BCUT2D eigenvalue weighted by molar-refractivity contribution is 9.10. The van der Waals surface area contributed by atoms with Gasteiger partial charge in [-0.3, -0.25) is 4.98 Å². The highest BCUT2D eigenvalue weighted by Crippen LogP contribution is 2.29. The summed E-state index contributed by atoms with van der Waals surface area (Å²) in [7, 11) is 0. The second kappa shape index (κ2) is 5.59. The van der Waals surface area contributed by atoms with E-state index in [2.05, 4.69) is 20.9 Å². The Bertz CT molecular complexity index is 531. The summed E-state index contributed by atoms with van der Waals surface area (Å²) in [4.78, 5) is 4.28. The fraction of sp³-hybridized carbons (Fsp3) is 0.214. The maximum Gasteiger partial charge on any atom is 0.137 e. The van der Waals surface area contributed by atoms with Crippen molar-refractivity contribution in [1.29, 1.82) is 0 Å². The number of rotatable bonds is 3. The normalized spacial score (nSPS) is 14.2. The molecule has 94 valence electrons. The molecule has 2 N–H and O–H groups in total. The topological polar surface area (TPSA) is 38.9 Å².